The molecular weight excluding hydrogens is 294 g/mol. The van der Waals surface area contributed by atoms with E-state index in [4.69, 9.17) is 9.26 Å². The SMILES string of the molecule is COc1ccccc1C[C@H](C)N(C)CC(=O)Nc1cc(C)on1. The highest BCUT2D eigenvalue weighted by atomic mass is 16.5. The van der Waals surface area contributed by atoms with Gasteiger partial charge < -0.3 is 14.6 Å². The molecule has 0 bridgehead atoms. The van der Waals surface area contributed by atoms with E-state index < -0.39 is 0 Å². The highest BCUT2D eigenvalue weighted by Crippen LogP contribution is 2.20. The van der Waals surface area contributed by atoms with Crippen molar-refractivity contribution in [1.29, 1.82) is 0 Å². The molecule has 1 aromatic heterocycles. The Balaban J connectivity index is 1.89. The maximum atomic E-state index is 12.1. The van der Waals surface area contributed by atoms with Gasteiger partial charge >= 0.3 is 0 Å². The molecule has 6 nitrogen and oxygen atoms in total. The van der Waals surface area contributed by atoms with E-state index >= 15 is 0 Å². The number of nitrogens with one attached hydrogen (secondary N) is 1. The summed E-state index contributed by atoms with van der Waals surface area (Å²) in [6.07, 6.45) is 0.802. The Morgan fingerprint density at radius 1 is 1.43 bits per heavy atom. The van der Waals surface area contributed by atoms with Gasteiger partial charge in [-0.15, -0.1) is 0 Å². The Morgan fingerprint density at radius 3 is 2.83 bits per heavy atom. The minimum Gasteiger partial charge on any atom is -0.496 e. The van der Waals surface area contributed by atoms with Gasteiger partial charge in [0.2, 0.25) is 5.91 Å². The lowest BCUT2D eigenvalue weighted by atomic mass is 10.1. The third-order valence-electron chi connectivity index (χ3n) is 3.75. The normalized spacial score (nSPS) is 12.2. The van der Waals surface area contributed by atoms with Crippen LogP contribution in [0.25, 0.3) is 0 Å². The van der Waals surface area contributed by atoms with Gasteiger partial charge in [0, 0.05) is 12.1 Å². The third-order valence-corrected chi connectivity index (χ3v) is 3.75. The highest BCUT2D eigenvalue weighted by Gasteiger charge is 2.16. The number of amides is 1. The second kappa shape index (κ2) is 7.78. The van der Waals surface area contributed by atoms with Crippen molar-refractivity contribution in [2.75, 3.05) is 26.0 Å². The lowest BCUT2D eigenvalue weighted by molar-refractivity contribution is -0.117. The van der Waals surface area contributed by atoms with Crippen molar-refractivity contribution >= 4 is 11.7 Å². The molecule has 0 unspecified atom stereocenters. The summed E-state index contributed by atoms with van der Waals surface area (Å²) in [6.45, 7) is 4.15. The number of carbonyl (C=O) groups is 1. The zero-order valence-corrected chi connectivity index (χ0v) is 14.0. The lowest BCUT2D eigenvalue weighted by Crippen LogP contribution is -2.37. The van der Waals surface area contributed by atoms with Crippen LogP contribution in [-0.4, -0.2) is 42.7 Å². The summed E-state index contributed by atoms with van der Waals surface area (Å²) in [4.78, 5) is 14.0. The van der Waals surface area contributed by atoms with Crippen LogP contribution in [0.1, 0.15) is 18.2 Å². The van der Waals surface area contributed by atoms with Crippen LogP contribution in [0.15, 0.2) is 34.9 Å². The first-order chi connectivity index (χ1) is 11.0. The van der Waals surface area contributed by atoms with Crippen LogP contribution in [0, 0.1) is 6.92 Å². The van der Waals surface area contributed by atoms with Gasteiger partial charge in [-0.25, -0.2) is 0 Å². The quantitative estimate of drug-likeness (QED) is 0.850. The van der Waals surface area contributed by atoms with E-state index in [1.54, 1.807) is 20.1 Å². The van der Waals surface area contributed by atoms with Crippen molar-refractivity contribution < 1.29 is 14.1 Å². The highest BCUT2D eigenvalue weighted by molar-refractivity contribution is 5.91. The molecule has 0 saturated heterocycles. The number of hydrogen-bond donors (Lipinski definition) is 1. The molecule has 1 aromatic carbocycles. The van der Waals surface area contributed by atoms with Gasteiger partial charge in [0.1, 0.15) is 11.5 Å². The van der Waals surface area contributed by atoms with Crippen molar-refractivity contribution in [2.45, 2.75) is 26.3 Å². The lowest BCUT2D eigenvalue weighted by Gasteiger charge is -2.24. The van der Waals surface area contributed by atoms with E-state index in [2.05, 4.69) is 17.4 Å². The number of hydrogen-bond acceptors (Lipinski definition) is 5. The van der Waals surface area contributed by atoms with Gasteiger partial charge in [-0.1, -0.05) is 23.4 Å². The number of aromatic nitrogens is 1. The van der Waals surface area contributed by atoms with Crippen molar-refractivity contribution in [2.24, 2.45) is 0 Å². The van der Waals surface area contributed by atoms with Crippen LogP contribution < -0.4 is 10.1 Å². The Kier molecular flexibility index (Phi) is 5.76. The van der Waals surface area contributed by atoms with Crippen LogP contribution in [0.3, 0.4) is 0 Å². The number of ether oxygens (including phenoxy) is 1. The number of nitrogens with zero attached hydrogens (tertiary/aromatic N) is 2. The van der Waals surface area contributed by atoms with E-state index in [-0.39, 0.29) is 18.5 Å². The molecule has 0 aliphatic rings. The molecule has 1 atom stereocenters. The molecule has 0 radical (unpaired) electrons. The van der Waals surface area contributed by atoms with E-state index in [1.165, 1.54) is 0 Å². The summed E-state index contributed by atoms with van der Waals surface area (Å²) in [5.74, 6) is 1.86. The molecule has 0 spiro atoms. The molecule has 2 aromatic rings. The molecule has 1 heterocycles. The largest absolute Gasteiger partial charge is 0.496 e. The van der Waals surface area contributed by atoms with E-state index in [0.29, 0.717) is 11.6 Å². The number of rotatable bonds is 7. The third kappa shape index (κ3) is 4.82. The standard InChI is InChI=1S/C17H23N3O3/c1-12(9-14-7-5-6-8-15(14)22-4)20(3)11-17(21)18-16-10-13(2)23-19-16/h5-8,10,12H,9,11H2,1-4H3,(H,18,19,21)/t12-/m0/s1. The summed E-state index contributed by atoms with van der Waals surface area (Å²) in [5.41, 5.74) is 1.13. The molecule has 2 rings (SSSR count). The molecular formula is C17H23N3O3. The summed E-state index contributed by atoms with van der Waals surface area (Å²) >= 11 is 0. The molecule has 23 heavy (non-hydrogen) atoms. The van der Waals surface area contributed by atoms with Gasteiger partial charge in [0.05, 0.1) is 13.7 Å². The molecule has 0 saturated carbocycles. The summed E-state index contributed by atoms with van der Waals surface area (Å²) < 4.78 is 10.3. The number of benzene rings is 1. The summed E-state index contributed by atoms with van der Waals surface area (Å²) in [5, 5.41) is 6.48. The van der Waals surface area contributed by atoms with E-state index in [0.717, 1.165) is 17.7 Å². The van der Waals surface area contributed by atoms with Gasteiger partial charge in [-0.3, -0.25) is 9.69 Å². The fourth-order valence-electron chi connectivity index (χ4n) is 2.34. The van der Waals surface area contributed by atoms with E-state index in [9.17, 15) is 4.79 Å². The van der Waals surface area contributed by atoms with Crippen LogP contribution in [0.5, 0.6) is 5.75 Å². The Bertz CT molecular complexity index is 654. The first kappa shape index (κ1) is 17.0. The smallest absolute Gasteiger partial charge is 0.239 e. The molecule has 6 heteroatoms. The molecule has 0 aliphatic heterocycles. The van der Waals surface area contributed by atoms with Crippen LogP contribution in [0.4, 0.5) is 5.82 Å². The topological polar surface area (TPSA) is 67.6 Å². The average Bonchev–Trinajstić information content (AvgIpc) is 2.92. The number of aryl methyl sites for hydroxylation is 1. The zero-order valence-electron chi connectivity index (χ0n) is 14.0. The van der Waals surface area contributed by atoms with Crippen molar-refractivity contribution in [3.05, 3.63) is 41.7 Å². The van der Waals surface area contributed by atoms with Gasteiger partial charge in [-0.2, -0.15) is 0 Å². The number of carbonyl (C=O) groups excluding carboxylic acids is 1. The number of anilines is 1. The van der Waals surface area contributed by atoms with Gasteiger partial charge in [0.25, 0.3) is 0 Å². The zero-order chi connectivity index (χ0) is 16.8. The van der Waals surface area contributed by atoms with Gasteiger partial charge in [0.15, 0.2) is 5.82 Å². The molecule has 0 fully saturated rings. The minimum atomic E-state index is -0.118. The second-order valence-electron chi connectivity index (χ2n) is 5.65. The molecule has 1 N–H and O–H groups in total. The second-order valence-corrected chi connectivity index (χ2v) is 5.65. The fraction of sp³-hybridized carbons (Fsp3) is 0.412. The van der Waals surface area contributed by atoms with E-state index in [1.807, 2.05) is 36.2 Å². The van der Waals surface area contributed by atoms with Crippen molar-refractivity contribution in [3.8, 4) is 5.75 Å². The maximum Gasteiger partial charge on any atom is 0.239 e. The predicted molar refractivity (Wildman–Crippen MR) is 88.7 cm³/mol. The van der Waals surface area contributed by atoms with Crippen LogP contribution >= 0.6 is 0 Å². The predicted octanol–water partition coefficient (Wildman–Crippen LogP) is 2.49. The number of likely N-dealkylation sites (N-methyl/N-ethyl adjacent to an activating group) is 1. The average molecular weight is 317 g/mol. The fourth-order valence-corrected chi connectivity index (χ4v) is 2.34. The summed E-state index contributed by atoms with van der Waals surface area (Å²) in [7, 11) is 3.59. The van der Waals surface area contributed by atoms with Crippen LogP contribution in [0.2, 0.25) is 0 Å². The Hall–Kier alpha value is -2.34. The first-order valence-corrected chi connectivity index (χ1v) is 7.55. The Morgan fingerprint density at radius 2 is 2.17 bits per heavy atom. The van der Waals surface area contributed by atoms with Crippen molar-refractivity contribution in [3.63, 3.8) is 0 Å². The molecule has 124 valence electrons. The maximum absolute atomic E-state index is 12.1. The monoisotopic (exact) mass is 317 g/mol. The summed E-state index contributed by atoms with van der Waals surface area (Å²) in [6, 6.07) is 9.81. The van der Waals surface area contributed by atoms with Crippen LogP contribution in [-0.2, 0) is 11.2 Å². The first-order valence-electron chi connectivity index (χ1n) is 7.55. The minimum absolute atomic E-state index is 0.118. The number of methoxy groups -OCH3 is 1. The van der Waals surface area contributed by atoms with Crippen molar-refractivity contribution in [1.82, 2.24) is 10.1 Å². The Labute approximate surface area is 136 Å². The molecule has 1 amide bonds. The molecule has 0 aliphatic carbocycles. The van der Waals surface area contributed by atoms with Gasteiger partial charge in [-0.05, 0) is 38.9 Å². The number of para-hydroxylation sites is 1.